The van der Waals surface area contributed by atoms with E-state index in [1.165, 1.54) is 77.0 Å². The van der Waals surface area contributed by atoms with E-state index >= 15 is 0 Å². The Hall–Kier alpha value is 0.880. The summed E-state index contributed by atoms with van der Waals surface area (Å²) < 4.78 is 0. The van der Waals surface area contributed by atoms with Crippen molar-refractivity contribution in [2.24, 2.45) is 0 Å². The second-order valence-corrected chi connectivity index (χ2v) is 4.95. The van der Waals surface area contributed by atoms with E-state index in [0.717, 1.165) is 13.1 Å². The largest absolute Gasteiger partial charge is 1.00 e. The van der Waals surface area contributed by atoms with E-state index in [4.69, 9.17) is 0 Å². The van der Waals surface area contributed by atoms with Gasteiger partial charge in [0, 0.05) is 0 Å². The fraction of sp³-hybridized carbons (Fsp3) is 1.00. The Morgan fingerprint density at radius 3 is 0.667 bits per heavy atom. The normalized spacial score (nSPS) is 9.67. The first-order chi connectivity index (χ1) is 7.91. The van der Waals surface area contributed by atoms with E-state index < -0.39 is 0 Å². The summed E-state index contributed by atoms with van der Waals surface area (Å²) in [6.45, 7) is 2.24. The van der Waals surface area contributed by atoms with Gasteiger partial charge >= 0.3 is 0 Å². The van der Waals surface area contributed by atoms with E-state index in [0.29, 0.717) is 0 Å². The zero-order chi connectivity index (χ0) is 11.9. The van der Waals surface area contributed by atoms with Crippen molar-refractivity contribution >= 4 is 0 Å². The molecule has 0 aliphatic heterocycles. The fourth-order valence-corrected chi connectivity index (χ4v) is 2.12. The van der Waals surface area contributed by atoms with Gasteiger partial charge in [0.25, 0.3) is 0 Å². The van der Waals surface area contributed by atoms with E-state index in [2.05, 4.69) is 11.5 Å². The van der Waals surface area contributed by atoms with Gasteiger partial charge in [0.2, 0.25) is 0 Å². The molecule has 0 aromatic heterocycles. The smallest absolute Gasteiger partial charge is 0.0739 e. The van der Waals surface area contributed by atoms with Crippen LogP contribution in [0.3, 0.4) is 0 Å². The zero-order valence-electron chi connectivity index (χ0n) is 12.1. The van der Waals surface area contributed by atoms with Gasteiger partial charge in [-0.15, -0.1) is 0 Å². The van der Waals surface area contributed by atoms with Crippen LogP contribution in [0.5, 0.6) is 0 Å². The number of hydrogen-bond donors (Lipinski definition) is 2. The first kappa shape index (κ1) is 23.9. The Balaban J connectivity index is -0.00000112. The average molecular weight is 390 g/mol. The van der Waals surface area contributed by atoms with Crippen LogP contribution in [0.25, 0.3) is 0 Å². The molecular formula is C14H34Br2N2. The average Bonchev–Trinajstić information content (AvgIpc) is 2.31. The molecule has 0 aromatic rings. The Morgan fingerprint density at radius 2 is 0.500 bits per heavy atom. The molecule has 0 saturated carbocycles. The SMILES string of the molecule is [Br-].[Br-].[NH3+]CCCCCCCCCCCCCC[NH3+]. The third-order valence-corrected chi connectivity index (χ3v) is 3.25. The van der Waals surface area contributed by atoms with Gasteiger partial charge in [0.1, 0.15) is 0 Å². The minimum absolute atomic E-state index is 0. The molecule has 0 unspecified atom stereocenters. The van der Waals surface area contributed by atoms with E-state index in [-0.39, 0.29) is 34.0 Å². The van der Waals surface area contributed by atoms with Crippen molar-refractivity contribution in [1.82, 2.24) is 0 Å². The third-order valence-electron chi connectivity index (χ3n) is 3.25. The molecule has 0 aliphatic rings. The van der Waals surface area contributed by atoms with Crippen molar-refractivity contribution < 1.29 is 45.4 Å². The van der Waals surface area contributed by atoms with Crippen molar-refractivity contribution in [3.05, 3.63) is 0 Å². The molecule has 0 fully saturated rings. The molecule has 0 spiro atoms. The molecule has 114 valence electrons. The van der Waals surface area contributed by atoms with Gasteiger partial charge in [-0.3, -0.25) is 0 Å². The number of quaternary nitrogens is 2. The molecule has 0 radical (unpaired) electrons. The van der Waals surface area contributed by atoms with Crippen LogP contribution < -0.4 is 45.4 Å². The van der Waals surface area contributed by atoms with Gasteiger partial charge in [-0.1, -0.05) is 51.4 Å². The highest BCUT2D eigenvalue weighted by Crippen LogP contribution is 2.11. The predicted molar refractivity (Wildman–Crippen MR) is 70.9 cm³/mol. The van der Waals surface area contributed by atoms with Crippen LogP contribution in [0, 0.1) is 0 Å². The first-order valence-electron chi connectivity index (χ1n) is 7.50. The van der Waals surface area contributed by atoms with Gasteiger partial charge in [-0.2, -0.15) is 0 Å². The van der Waals surface area contributed by atoms with Crippen LogP contribution in [0.4, 0.5) is 0 Å². The predicted octanol–water partition coefficient (Wildman–Crippen LogP) is -3.84. The van der Waals surface area contributed by atoms with Gasteiger partial charge in [0.15, 0.2) is 0 Å². The third kappa shape index (κ3) is 22.1. The maximum Gasteiger partial charge on any atom is 0.0739 e. The molecule has 4 heteroatoms. The number of rotatable bonds is 13. The van der Waals surface area contributed by atoms with E-state index in [1.54, 1.807) is 0 Å². The first-order valence-corrected chi connectivity index (χ1v) is 7.50. The molecule has 0 rings (SSSR count). The second kappa shape index (κ2) is 23.0. The quantitative estimate of drug-likeness (QED) is 0.303. The summed E-state index contributed by atoms with van der Waals surface area (Å²) in [5, 5.41) is 0. The summed E-state index contributed by atoms with van der Waals surface area (Å²) in [6, 6.07) is 0. The van der Waals surface area contributed by atoms with Crippen molar-refractivity contribution in [2.45, 2.75) is 77.0 Å². The van der Waals surface area contributed by atoms with Gasteiger partial charge in [-0.05, 0) is 25.7 Å². The molecule has 2 nitrogen and oxygen atoms in total. The van der Waals surface area contributed by atoms with Crippen molar-refractivity contribution in [3.8, 4) is 0 Å². The highest BCUT2D eigenvalue weighted by atomic mass is 79.9. The van der Waals surface area contributed by atoms with Crippen LogP contribution >= 0.6 is 0 Å². The molecule has 18 heavy (non-hydrogen) atoms. The summed E-state index contributed by atoms with van der Waals surface area (Å²) in [4.78, 5) is 0. The van der Waals surface area contributed by atoms with Crippen molar-refractivity contribution in [3.63, 3.8) is 0 Å². The highest BCUT2D eigenvalue weighted by Gasteiger charge is 1.93. The molecule has 0 bridgehead atoms. The van der Waals surface area contributed by atoms with Crippen LogP contribution in [0.15, 0.2) is 0 Å². The molecule has 0 amide bonds. The maximum absolute atomic E-state index is 3.87. The number of unbranched alkanes of at least 4 members (excludes halogenated alkanes) is 11. The van der Waals surface area contributed by atoms with Crippen molar-refractivity contribution in [2.75, 3.05) is 13.1 Å². The van der Waals surface area contributed by atoms with Crippen LogP contribution in [0.1, 0.15) is 77.0 Å². The lowest BCUT2D eigenvalue weighted by Crippen LogP contribution is -3.00. The Bertz CT molecular complexity index is 110. The minimum Gasteiger partial charge on any atom is -1.00 e. The minimum atomic E-state index is 0. The van der Waals surface area contributed by atoms with Crippen LogP contribution in [-0.4, -0.2) is 13.1 Å². The molecule has 0 saturated heterocycles. The lowest BCUT2D eigenvalue weighted by molar-refractivity contribution is -0.368. The molecule has 0 atom stereocenters. The topological polar surface area (TPSA) is 55.3 Å². The van der Waals surface area contributed by atoms with E-state index in [9.17, 15) is 0 Å². The van der Waals surface area contributed by atoms with E-state index in [1.807, 2.05) is 0 Å². The Labute approximate surface area is 135 Å². The summed E-state index contributed by atoms with van der Waals surface area (Å²) >= 11 is 0. The van der Waals surface area contributed by atoms with Gasteiger partial charge in [0.05, 0.1) is 13.1 Å². The van der Waals surface area contributed by atoms with Crippen LogP contribution in [-0.2, 0) is 0 Å². The standard InChI is InChI=1S/C14H32N2.2BrH/c15-13-11-9-7-5-3-1-2-4-6-8-10-12-14-16;;/h1-16H2;2*1H. The van der Waals surface area contributed by atoms with Crippen molar-refractivity contribution in [1.29, 1.82) is 0 Å². The molecule has 6 N–H and O–H groups in total. The fourth-order valence-electron chi connectivity index (χ4n) is 2.12. The Kier molecular flexibility index (Phi) is 30.6. The van der Waals surface area contributed by atoms with Gasteiger partial charge in [-0.25, -0.2) is 0 Å². The summed E-state index contributed by atoms with van der Waals surface area (Å²) in [7, 11) is 0. The lowest BCUT2D eigenvalue weighted by atomic mass is 10.1. The lowest BCUT2D eigenvalue weighted by Gasteiger charge is -2.01. The van der Waals surface area contributed by atoms with Gasteiger partial charge < -0.3 is 45.4 Å². The van der Waals surface area contributed by atoms with Crippen LogP contribution in [0.2, 0.25) is 0 Å². The molecule has 0 heterocycles. The molecule has 0 aliphatic carbocycles. The monoisotopic (exact) mass is 388 g/mol. The molecular weight excluding hydrogens is 356 g/mol. The highest BCUT2D eigenvalue weighted by molar-refractivity contribution is 4.48. The summed E-state index contributed by atoms with van der Waals surface area (Å²) in [5.41, 5.74) is 7.74. The summed E-state index contributed by atoms with van der Waals surface area (Å²) in [6.07, 6.45) is 17.0. The summed E-state index contributed by atoms with van der Waals surface area (Å²) in [5.74, 6) is 0. The second-order valence-electron chi connectivity index (χ2n) is 4.95. The Morgan fingerprint density at radius 1 is 0.333 bits per heavy atom. The molecule has 0 aromatic carbocycles. The maximum atomic E-state index is 3.87. The zero-order valence-corrected chi connectivity index (χ0v) is 15.2. The number of hydrogen-bond acceptors (Lipinski definition) is 0. The number of halogens is 2.